The number of nitrogens with zero attached hydrogens (tertiary/aromatic N) is 1. The number of hydrogen-bond acceptors (Lipinski definition) is 2. The first-order valence-corrected chi connectivity index (χ1v) is 9.02. The molecule has 0 saturated heterocycles. The molecule has 2 aliphatic rings. The summed E-state index contributed by atoms with van der Waals surface area (Å²) in [6, 6.07) is 6.41. The minimum Gasteiger partial charge on any atom is -0.591 e. The molecule has 2 aliphatic carbocycles. The molecule has 0 aliphatic heterocycles. The Kier molecular flexibility index (Phi) is 3.55. The van der Waals surface area contributed by atoms with Crippen LogP contribution in [0.15, 0.2) is 27.1 Å². The SMILES string of the molecule is CC(C)(C)[S+]([O-])/N=C1\c2cc(Br)ccc2CC12CCC2. The number of rotatable bonds is 1. The van der Waals surface area contributed by atoms with Crippen LogP contribution in [0.3, 0.4) is 0 Å². The number of hydrogen-bond donors (Lipinski definition) is 0. The molecule has 0 radical (unpaired) electrons. The summed E-state index contributed by atoms with van der Waals surface area (Å²) in [6.45, 7) is 5.95. The van der Waals surface area contributed by atoms with Gasteiger partial charge in [-0.2, -0.15) is 0 Å². The van der Waals surface area contributed by atoms with Crippen LogP contribution in [0, 0.1) is 5.41 Å². The lowest BCUT2D eigenvalue weighted by molar-refractivity contribution is 0.240. The summed E-state index contributed by atoms with van der Waals surface area (Å²) in [5.74, 6) is 0. The van der Waals surface area contributed by atoms with Gasteiger partial charge in [0.25, 0.3) is 0 Å². The van der Waals surface area contributed by atoms with Crippen LogP contribution in [0.2, 0.25) is 0 Å². The Morgan fingerprint density at radius 2 is 2.00 bits per heavy atom. The Hall–Kier alpha value is -0.320. The molecule has 3 rings (SSSR count). The van der Waals surface area contributed by atoms with Crippen molar-refractivity contribution < 1.29 is 4.55 Å². The number of fused-ring (bicyclic) bond motifs is 1. The van der Waals surface area contributed by atoms with Gasteiger partial charge in [-0.05, 0) is 57.7 Å². The fraction of sp³-hybridized carbons (Fsp3) is 0.562. The lowest BCUT2D eigenvalue weighted by Crippen LogP contribution is -2.38. The highest BCUT2D eigenvalue weighted by Gasteiger charge is 2.49. The molecule has 1 aromatic carbocycles. The van der Waals surface area contributed by atoms with E-state index in [-0.39, 0.29) is 10.2 Å². The zero-order valence-electron chi connectivity index (χ0n) is 12.2. The van der Waals surface area contributed by atoms with Crippen LogP contribution in [-0.4, -0.2) is 15.0 Å². The van der Waals surface area contributed by atoms with E-state index in [2.05, 4.69) is 38.5 Å². The van der Waals surface area contributed by atoms with Crippen molar-refractivity contribution in [2.75, 3.05) is 0 Å². The first-order valence-electron chi connectivity index (χ1n) is 7.12. The van der Waals surface area contributed by atoms with Crippen molar-refractivity contribution in [2.24, 2.45) is 9.81 Å². The maximum Gasteiger partial charge on any atom is 0.144 e. The minimum atomic E-state index is -1.18. The van der Waals surface area contributed by atoms with Gasteiger partial charge in [-0.15, -0.1) is 0 Å². The minimum absolute atomic E-state index is 0.171. The van der Waals surface area contributed by atoms with Crippen molar-refractivity contribution in [1.82, 2.24) is 0 Å². The topological polar surface area (TPSA) is 35.4 Å². The molecule has 0 N–H and O–H groups in total. The first kappa shape index (κ1) is 14.6. The van der Waals surface area contributed by atoms with Crippen molar-refractivity contribution in [3.63, 3.8) is 0 Å². The van der Waals surface area contributed by atoms with Gasteiger partial charge in [-0.25, -0.2) is 0 Å². The van der Waals surface area contributed by atoms with E-state index in [0.717, 1.165) is 16.6 Å². The van der Waals surface area contributed by atoms with E-state index in [1.54, 1.807) is 0 Å². The molecule has 1 fully saturated rings. The van der Waals surface area contributed by atoms with Gasteiger partial charge in [0.15, 0.2) is 0 Å². The summed E-state index contributed by atoms with van der Waals surface area (Å²) in [5, 5.41) is 0. The molecular weight excluding hydrogens is 334 g/mol. The number of benzene rings is 1. The third-order valence-electron chi connectivity index (χ3n) is 4.37. The van der Waals surface area contributed by atoms with E-state index in [9.17, 15) is 4.55 Å². The summed E-state index contributed by atoms with van der Waals surface area (Å²) in [4.78, 5) is 0. The van der Waals surface area contributed by atoms with Crippen molar-refractivity contribution in [1.29, 1.82) is 0 Å². The fourth-order valence-electron chi connectivity index (χ4n) is 3.04. The molecule has 1 aromatic rings. The highest BCUT2D eigenvalue weighted by Crippen LogP contribution is 2.52. The Morgan fingerprint density at radius 1 is 1.30 bits per heavy atom. The normalized spacial score (nSPS) is 23.8. The average molecular weight is 354 g/mol. The predicted molar refractivity (Wildman–Crippen MR) is 88.6 cm³/mol. The largest absolute Gasteiger partial charge is 0.591 e. The van der Waals surface area contributed by atoms with E-state index in [1.807, 2.05) is 20.8 Å². The summed E-state index contributed by atoms with van der Waals surface area (Å²) in [6.07, 6.45) is 4.69. The maximum atomic E-state index is 12.5. The Bertz CT molecular complexity index is 572. The van der Waals surface area contributed by atoms with Crippen molar-refractivity contribution >= 4 is 33.0 Å². The highest BCUT2D eigenvalue weighted by atomic mass is 79.9. The van der Waals surface area contributed by atoms with Gasteiger partial charge >= 0.3 is 0 Å². The second kappa shape index (κ2) is 4.85. The molecule has 4 heteroatoms. The second-order valence-electron chi connectivity index (χ2n) is 6.91. The molecule has 2 nitrogen and oxygen atoms in total. The fourth-order valence-corrected chi connectivity index (χ4v) is 4.13. The molecule has 1 unspecified atom stereocenters. The molecule has 0 heterocycles. The third kappa shape index (κ3) is 2.36. The summed E-state index contributed by atoms with van der Waals surface area (Å²) < 4.78 is 17.9. The van der Waals surface area contributed by atoms with Crippen LogP contribution in [0.4, 0.5) is 0 Å². The molecule has 1 spiro atoms. The highest BCUT2D eigenvalue weighted by molar-refractivity contribution is 9.10. The van der Waals surface area contributed by atoms with Gasteiger partial charge < -0.3 is 4.55 Å². The average Bonchev–Trinajstić information content (AvgIpc) is 2.62. The molecule has 0 aromatic heterocycles. The van der Waals surface area contributed by atoms with Gasteiger partial charge in [-0.3, -0.25) is 0 Å². The molecule has 0 amide bonds. The van der Waals surface area contributed by atoms with Gasteiger partial charge in [0.05, 0.1) is 0 Å². The van der Waals surface area contributed by atoms with Gasteiger partial charge in [0.1, 0.15) is 21.8 Å². The van der Waals surface area contributed by atoms with Crippen LogP contribution in [0.5, 0.6) is 0 Å². The summed E-state index contributed by atoms with van der Waals surface area (Å²) >= 11 is 2.36. The Labute approximate surface area is 132 Å². The molecule has 108 valence electrons. The van der Waals surface area contributed by atoms with Crippen LogP contribution in [-0.2, 0) is 17.8 Å². The first-order chi connectivity index (χ1) is 9.32. The smallest absolute Gasteiger partial charge is 0.144 e. The van der Waals surface area contributed by atoms with Crippen molar-refractivity contribution in [3.05, 3.63) is 33.8 Å². The Morgan fingerprint density at radius 3 is 2.55 bits per heavy atom. The van der Waals surface area contributed by atoms with E-state index >= 15 is 0 Å². The molecular formula is C16H20BrNOS. The number of halogens is 1. The molecule has 1 atom stereocenters. The van der Waals surface area contributed by atoms with E-state index in [4.69, 9.17) is 0 Å². The van der Waals surface area contributed by atoms with Crippen LogP contribution < -0.4 is 0 Å². The lowest BCUT2D eigenvalue weighted by Gasteiger charge is -2.38. The monoisotopic (exact) mass is 353 g/mol. The lowest BCUT2D eigenvalue weighted by atomic mass is 9.66. The van der Waals surface area contributed by atoms with Crippen molar-refractivity contribution in [3.8, 4) is 0 Å². The van der Waals surface area contributed by atoms with Gasteiger partial charge in [0.2, 0.25) is 0 Å². The summed E-state index contributed by atoms with van der Waals surface area (Å²) in [7, 11) is 0. The Balaban J connectivity index is 2.07. The second-order valence-corrected chi connectivity index (χ2v) is 9.73. The molecule has 0 bridgehead atoms. The predicted octanol–water partition coefficient (Wildman–Crippen LogP) is 4.43. The third-order valence-corrected chi connectivity index (χ3v) is 6.26. The van der Waals surface area contributed by atoms with E-state index in [0.29, 0.717) is 0 Å². The van der Waals surface area contributed by atoms with E-state index in [1.165, 1.54) is 30.4 Å². The maximum absolute atomic E-state index is 12.5. The summed E-state index contributed by atoms with van der Waals surface area (Å²) in [5.41, 5.74) is 3.83. The zero-order valence-corrected chi connectivity index (χ0v) is 14.6. The van der Waals surface area contributed by atoms with Crippen molar-refractivity contribution in [2.45, 2.75) is 51.2 Å². The molecule has 20 heavy (non-hydrogen) atoms. The standard InChI is InChI=1S/C16H20BrNOS/c1-15(2,3)20(19)18-14-13-9-12(17)6-5-11(13)10-16(14)7-4-8-16/h5-6,9H,4,7-8,10H2,1-3H3/b18-14+. The van der Waals surface area contributed by atoms with Crippen LogP contribution >= 0.6 is 15.9 Å². The van der Waals surface area contributed by atoms with Gasteiger partial charge in [0, 0.05) is 15.5 Å². The van der Waals surface area contributed by atoms with Crippen LogP contribution in [0.25, 0.3) is 0 Å². The zero-order chi connectivity index (χ0) is 14.5. The quantitative estimate of drug-likeness (QED) is 0.688. The van der Waals surface area contributed by atoms with Gasteiger partial charge in [-0.1, -0.05) is 32.8 Å². The molecule has 1 saturated carbocycles. The van der Waals surface area contributed by atoms with Crippen LogP contribution in [0.1, 0.15) is 51.2 Å². The van der Waals surface area contributed by atoms with E-state index < -0.39 is 11.4 Å².